The fourth-order valence-electron chi connectivity index (χ4n) is 1.64. The number of aliphatic imine (C=N–C) groups is 1. The van der Waals surface area contributed by atoms with Crippen molar-refractivity contribution in [2.24, 2.45) is 10.1 Å². The van der Waals surface area contributed by atoms with Crippen molar-refractivity contribution in [3.8, 4) is 5.95 Å². The van der Waals surface area contributed by atoms with E-state index in [1.54, 1.807) is 24.3 Å². The van der Waals surface area contributed by atoms with Crippen molar-refractivity contribution in [3.05, 3.63) is 40.1 Å². The Labute approximate surface area is 113 Å². The van der Waals surface area contributed by atoms with Crippen molar-refractivity contribution in [2.45, 2.75) is 0 Å². The van der Waals surface area contributed by atoms with Gasteiger partial charge in [-0.25, -0.2) is 0 Å². The van der Waals surface area contributed by atoms with Gasteiger partial charge in [-0.15, -0.1) is 0 Å². The minimum absolute atomic E-state index is 0.117. The van der Waals surface area contributed by atoms with Crippen LogP contribution in [0.2, 0.25) is 0 Å². The van der Waals surface area contributed by atoms with Crippen molar-refractivity contribution < 1.29 is 14.4 Å². The number of nitrogens with zero attached hydrogens (tertiary/aromatic N) is 3. The van der Waals surface area contributed by atoms with Gasteiger partial charge in [0, 0.05) is 17.4 Å². The van der Waals surface area contributed by atoms with Crippen LogP contribution in [0.1, 0.15) is 5.76 Å². The number of nitro groups is 1. The zero-order chi connectivity index (χ0) is 14.5. The molecule has 0 saturated heterocycles. The summed E-state index contributed by atoms with van der Waals surface area (Å²) in [4.78, 5) is 13.5. The average molecular weight is 276 g/mol. The quantitative estimate of drug-likeness (QED) is 0.379. The van der Waals surface area contributed by atoms with Crippen LogP contribution >= 0.6 is 0 Å². The molecule has 0 saturated carbocycles. The Bertz CT molecular complexity index is 690. The van der Waals surface area contributed by atoms with E-state index in [9.17, 15) is 15.2 Å². The number of nitrogens with one attached hydrogen (secondary N) is 1. The molecular formula is C12H12N4O4. The number of rotatable bonds is 4. The summed E-state index contributed by atoms with van der Waals surface area (Å²) in [6.45, 7) is -0.446. The SMILES string of the molecule is CN=C(C[N+](=O)[O-])NN=Cc1oc(O)c2ccccc12. The third kappa shape index (κ3) is 2.91. The maximum Gasteiger partial charge on any atom is 0.290 e. The van der Waals surface area contributed by atoms with Crippen LogP contribution in [0.25, 0.3) is 10.8 Å². The summed E-state index contributed by atoms with van der Waals surface area (Å²) < 4.78 is 5.15. The molecule has 0 fully saturated rings. The smallest absolute Gasteiger partial charge is 0.290 e. The zero-order valence-corrected chi connectivity index (χ0v) is 10.6. The van der Waals surface area contributed by atoms with Gasteiger partial charge >= 0.3 is 0 Å². The summed E-state index contributed by atoms with van der Waals surface area (Å²) in [5, 5.41) is 25.0. The Morgan fingerprint density at radius 1 is 1.50 bits per heavy atom. The van der Waals surface area contributed by atoms with Crippen LogP contribution in [0.15, 0.2) is 38.8 Å². The molecule has 0 amide bonds. The van der Waals surface area contributed by atoms with Gasteiger partial charge in [-0.05, 0) is 6.07 Å². The van der Waals surface area contributed by atoms with Crippen LogP contribution in [0.4, 0.5) is 0 Å². The molecule has 2 aromatic rings. The number of benzene rings is 1. The maximum absolute atomic E-state index is 10.4. The molecule has 0 radical (unpaired) electrons. The third-order valence-electron chi connectivity index (χ3n) is 2.55. The lowest BCUT2D eigenvalue weighted by molar-refractivity contribution is -0.463. The lowest BCUT2D eigenvalue weighted by Gasteiger charge is -1.98. The zero-order valence-electron chi connectivity index (χ0n) is 10.6. The molecule has 0 aliphatic rings. The van der Waals surface area contributed by atoms with Crippen molar-refractivity contribution >= 4 is 22.8 Å². The standard InChI is InChI=1S/C12H12N4O4/c1-13-11(7-16(18)19)15-14-6-10-8-4-2-3-5-9(8)12(17)20-10/h2-6,17H,7H2,1H3,(H,13,15). The fraction of sp³-hybridized carbons (Fsp3) is 0.167. The average Bonchev–Trinajstić information content (AvgIpc) is 2.75. The van der Waals surface area contributed by atoms with E-state index in [2.05, 4.69) is 15.5 Å². The molecule has 8 heteroatoms. The van der Waals surface area contributed by atoms with Crippen molar-refractivity contribution in [1.29, 1.82) is 0 Å². The minimum Gasteiger partial charge on any atom is -0.480 e. The molecule has 104 valence electrons. The first-order valence-corrected chi connectivity index (χ1v) is 5.69. The summed E-state index contributed by atoms with van der Waals surface area (Å²) >= 11 is 0. The molecule has 2 rings (SSSR count). The molecule has 0 aliphatic heterocycles. The van der Waals surface area contributed by atoms with Gasteiger partial charge in [0.25, 0.3) is 12.5 Å². The summed E-state index contributed by atoms with van der Waals surface area (Å²) in [7, 11) is 1.43. The summed E-state index contributed by atoms with van der Waals surface area (Å²) in [5.74, 6) is 0.269. The van der Waals surface area contributed by atoms with Gasteiger partial charge in [-0.3, -0.25) is 20.5 Å². The number of aromatic hydroxyl groups is 1. The normalized spacial score (nSPS) is 12.2. The number of amidine groups is 1. The van der Waals surface area contributed by atoms with Crippen molar-refractivity contribution in [3.63, 3.8) is 0 Å². The number of furan rings is 1. The van der Waals surface area contributed by atoms with Gasteiger partial charge in [0.1, 0.15) is 0 Å². The Hall–Kier alpha value is -2.90. The van der Waals surface area contributed by atoms with Gasteiger partial charge < -0.3 is 9.52 Å². The van der Waals surface area contributed by atoms with E-state index in [1.807, 2.05) is 0 Å². The van der Waals surface area contributed by atoms with E-state index in [4.69, 9.17) is 4.42 Å². The molecule has 0 aliphatic carbocycles. The summed E-state index contributed by atoms with van der Waals surface area (Å²) in [6.07, 6.45) is 1.33. The maximum atomic E-state index is 10.4. The second-order valence-corrected chi connectivity index (χ2v) is 3.85. The highest BCUT2D eigenvalue weighted by Gasteiger charge is 2.10. The first-order valence-electron chi connectivity index (χ1n) is 5.69. The first-order chi connectivity index (χ1) is 9.61. The lowest BCUT2D eigenvalue weighted by Crippen LogP contribution is -2.26. The Kier molecular flexibility index (Phi) is 3.94. The van der Waals surface area contributed by atoms with Crippen LogP contribution in [-0.4, -0.2) is 35.7 Å². The van der Waals surface area contributed by atoms with Crippen LogP contribution in [0.5, 0.6) is 5.95 Å². The molecule has 2 N–H and O–H groups in total. The van der Waals surface area contributed by atoms with E-state index >= 15 is 0 Å². The van der Waals surface area contributed by atoms with E-state index in [0.29, 0.717) is 16.5 Å². The van der Waals surface area contributed by atoms with E-state index in [1.165, 1.54) is 13.3 Å². The summed E-state index contributed by atoms with van der Waals surface area (Å²) in [5.41, 5.74) is 2.46. The van der Waals surface area contributed by atoms with Crippen LogP contribution < -0.4 is 5.43 Å². The third-order valence-corrected chi connectivity index (χ3v) is 2.55. The molecule has 1 aromatic heterocycles. The topological polar surface area (TPSA) is 113 Å². The van der Waals surface area contributed by atoms with Gasteiger partial charge in [0.05, 0.1) is 11.6 Å². The van der Waals surface area contributed by atoms with Crippen molar-refractivity contribution in [2.75, 3.05) is 13.6 Å². The van der Waals surface area contributed by atoms with E-state index < -0.39 is 11.5 Å². The molecule has 8 nitrogen and oxygen atoms in total. The summed E-state index contributed by atoms with van der Waals surface area (Å²) in [6, 6.07) is 7.06. The Morgan fingerprint density at radius 3 is 2.85 bits per heavy atom. The Balaban J connectivity index is 2.16. The van der Waals surface area contributed by atoms with Crippen LogP contribution in [0.3, 0.4) is 0 Å². The van der Waals surface area contributed by atoms with Crippen LogP contribution in [0, 0.1) is 10.1 Å². The molecule has 0 unspecified atom stereocenters. The molecule has 1 aromatic carbocycles. The highest BCUT2D eigenvalue weighted by atomic mass is 16.6. The number of hydrogen-bond acceptors (Lipinski definition) is 6. The molecule has 1 heterocycles. The predicted octanol–water partition coefficient (Wildman–Crippen LogP) is 1.37. The number of hydrazone groups is 1. The molecule has 0 spiro atoms. The minimum atomic E-state index is -0.515. The monoisotopic (exact) mass is 276 g/mol. The van der Waals surface area contributed by atoms with Gasteiger partial charge in [0.15, 0.2) is 11.6 Å². The van der Waals surface area contributed by atoms with Gasteiger partial charge in [0.2, 0.25) is 0 Å². The number of fused-ring (bicyclic) bond motifs is 1. The van der Waals surface area contributed by atoms with E-state index in [0.717, 1.165) is 0 Å². The fourth-order valence-corrected chi connectivity index (χ4v) is 1.64. The Morgan fingerprint density at radius 2 is 2.20 bits per heavy atom. The highest BCUT2D eigenvalue weighted by molar-refractivity contribution is 6.00. The molecule has 0 atom stereocenters. The van der Waals surface area contributed by atoms with E-state index in [-0.39, 0.29) is 11.8 Å². The van der Waals surface area contributed by atoms with Crippen molar-refractivity contribution in [1.82, 2.24) is 5.43 Å². The number of hydrogen-bond donors (Lipinski definition) is 2. The van der Waals surface area contributed by atoms with Crippen LogP contribution in [-0.2, 0) is 0 Å². The molecule has 20 heavy (non-hydrogen) atoms. The molecule has 0 bridgehead atoms. The largest absolute Gasteiger partial charge is 0.480 e. The predicted molar refractivity (Wildman–Crippen MR) is 73.8 cm³/mol. The first kappa shape index (κ1) is 13.5. The molecular weight excluding hydrogens is 264 g/mol. The second-order valence-electron chi connectivity index (χ2n) is 3.85. The second kappa shape index (κ2) is 5.83. The van der Waals surface area contributed by atoms with Gasteiger partial charge in [-0.1, -0.05) is 18.2 Å². The lowest BCUT2D eigenvalue weighted by atomic mass is 10.2. The van der Waals surface area contributed by atoms with Gasteiger partial charge in [-0.2, -0.15) is 5.10 Å². The highest BCUT2D eigenvalue weighted by Crippen LogP contribution is 2.29.